The van der Waals surface area contributed by atoms with E-state index in [1.165, 1.54) is 0 Å². The molecule has 1 aliphatic rings. The maximum Gasteiger partial charge on any atom is 0.251 e. The van der Waals surface area contributed by atoms with Gasteiger partial charge in [-0.25, -0.2) is 0 Å². The molecule has 1 aromatic carbocycles. The lowest BCUT2D eigenvalue weighted by molar-refractivity contribution is 0.0914. The van der Waals surface area contributed by atoms with E-state index in [0.29, 0.717) is 35.4 Å². The van der Waals surface area contributed by atoms with Crippen LogP contribution in [0.2, 0.25) is 0 Å². The molecule has 25 heavy (non-hydrogen) atoms. The summed E-state index contributed by atoms with van der Waals surface area (Å²) in [6.07, 6.45) is 1.66. The number of benzene rings is 1. The SMILES string of the molecule is CCc1nc(COc2ccc(C(=O)NC3CCNCC3C)cc2)no1. The zero-order valence-corrected chi connectivity index (χ0v) is 14.6. The van der Waals surface area contributed by atoms with Gasteiger partial charge in [0.05, 0.1) is 0 Å². The maximum atomic E-state index is 12.4. The van der Waals surface area contributed by atoms with E-state index in [4.69, 9.17) is 9.26 Å². The van der Waals surface area contributed by atoms with Crippen LogP contribution in [0.15, 0.2) is 28.8 Å². The summed E-state index contributed by atoms with van der Waals surface area (Å²) in [6.45, 7) is 6.22. The predicted molar refractivity (Wildman–Crippen MR) is 92.4 cm³/mol. The number of nitrogens with zero attached hydrogens (tertiary/aromatic N) is 2. The molecule has 134 valence electrons. The monoisotopic (exact) mass is 344 g/mol. The van der Waals surface area contributed by atoms with Gasteiger partial charge in [0.15, 0.2) is 6.61 Å². The predicted octanol–water partition coefficient (Wildman–Crippen LogP) is 1.94. The topological polar surface area (TPSA) is 89.3 Å². The molecule has 0 aliphatic carbocycles. The molecule has 1 aliphatic heterocycles. The summed E-state index contributed by atoms with van der Waals surface area (Å²) in [5, 5.41) is 10.3. The largest absolute Gasteiger partial charge is 0.485 e. The number of hydrogen-bond acceptors (Lipinski definition) is 6. The number of hydrogen-bond donors (Lipinski definition) is 2. The standard InChI is InChI=1S/C18H24N4O3/c1-3-17-21-16(22-25-17)11-24-14-6-4-13(5-7-14)18(23)20-15-8-9-19-10-12(15)2/h4-7,12,15,19H,3,8-11H2,1-2H3,(H,20,23). The van der Waals surface area contributed by atoms with Crippen LogP contribution >= 0.6 is 0 Å². The third-order valence-corrected chi connectivity index (χ3v) is 4.40. The molecule has 7 heteroatoms. The number of ether oxygens (including phenoxy) is 1. The van der Waals surface area contributed by atoms with Crippen LogP contribution in [-0.4, -0.2) is 35.2 Å². The average molecular weight is 344 g/mol. The minimum Gasteiger partial charge on any atom is -0.485 e. The molecule has 0 saturated carbocycles. The van der Waals surface area contributed by atoms with E-state index in [1.54, 1.807) is 24.3 Å². The number of amides is 1. The third kappa shape index (κ3) is 4.57. The van der Waals surface area contributed by atoms with Gasteiger partial charge >= 0.3 is 0 Å². The van der Waals surface area contributed by atoms with Crippen LogP contribution in [0.5, 0.6) is 5.75 Å². The van der Waals surface area contributed by atoms with Gasteiger partial charge in [0.1, 0.15) is 5.75 Å². The molecule has 0 bridgehead atoms. The van der Waals surface area contributed by atoms with E-state index in [1.807, 2.05) is 6.92 Å². The van der Waals surface area contributed by atoms with Gasteiger partial charge in [0.25, 0.3) is 5.91 Å². The molecule has 2 N–H and O–H groups in total. The lowest BCUT2D eigenvalue weighted by atomic mass is 9.95. The van der Waals surface area contributed by atoms with Gasteiger partial charge in [0.2, 0.25) is 11.7 Å². The van der Waals surface area contributed by atoms with Crippen molar-refractivity contribution >= 4 is 5.91 Å². The van der Waals surface area contributed by atoms with Gasteiger partial charge in [-0.3, -0.25) is 4.79 Å². The lowest BCUT2D eigenvalue weighted by Crippen LogP contribution is -2.48. The smallest absolute Gasteiger partial charge is 0.251 e. The molecule has 1 saturated heterocycles. The first-order valence-corrected chi connectivity index (χ1v) is 8.71. The van der Waals surface area contributed by atoms with E-state index in [2.05, 4.69) is 27.7 Å². The van der Waals surface area contributed by atoms with Gasteiger partial charge < -0.3 is 19.9 Å². The van der Waals surface area contributed by atoms with Crippen molar-refractivity contribution in [1.82, 2.24) is 20.8 Å². The average Bonchev–Trinajstić information content (AvgIpc) is 3.10. The molecule has 0 radical (unpaired) electrons. The van der Waals surface area contributed by atoms with Crippen LogP contribution in [0, 0.1) is 5.92 Å². The quantitative estimate of drug-likeness (QED) is 0.832. The van der Waals surface area contributed by atoms with Crippen LogP contribution in [-0.2, 0) is 13.0 Å². The van der Waals surface area contributed by atoms with Crippen molar-refractivity contribution in [3.63, 3.8) is 0 Å². The number of nitrogens with one attached hydrogen (secondary N) is 2. The van der Waals surface area contributed by atoms with E-state index < -0.39 is 0 Å². The Bertz CT molecular complexity index is 699. The fraction of sp³-hybridized carbons (Fsp3) is 0.500. The Labute approximate surface area is 147 Å². The fourth-order valence-electron chi connectivity index (χ4n) is 2.82. The van der Waals surface area contributed by atoms with Gasteiger partial charge in [-0.05, 0) is 49.7 Å². The minimum absolute atomic E-state index is 0.0453. The number of carbonyl (C=O) groups is 1. The second kappa shape index (κ2) is 8.11. The van der Waals surface area contributed by atoms with Crippen molar-refractivity contribution in [2.75, 3.05) is 13.1 Å². The van der Waals surface area contributed by atoms with Crippen LogP contribution < -0.4 is 15.4 Å². The molecule has 3 rings (SSSR count). The van der Waals surface area contributed by atoms with Crippen LogP contribution in [0.4, 0.5) is 0 Å². The molecule has 2 heterocycles. The highest BCUT2D eigenvalue weighted by Gasteiger charge is 2.22. The normalized spacial score (nSPS) is 20.2. The number of aromatic nitrogens is 2. The van der Waals surface area contributed by atoms with Gasteiger partial charge in [-0.15, -0.1) is 0 Å². The molecule has 0 spiro atoms. The van der Waals surface area contributed by atoms with Gasteiger partial charge in [-0.2, -0.15) is 4.98 Å². The number of piperidine rings is 1. The Morgan fingerprint density at radius 3 is 2.88 bits per heavy atom. The zero-order chi connectivity index (χ0) is 17.6. The Kier molecular flexibility index (Phi) is 5.65. The summed E-state index contributed by atoms with van der Waals surface area (Å²) in [6, 6.07) is 7.31. The highest BCUT2D eigenvalue weighted by Crippen LogP contribution is 2.15. The van der Waals surface area contributed by atoms with E-state index in [0.717, 1.165) is 19.5 Å². The second-order valence-electron chi connectivity index (χ2n) is 6.32. The number of carbonyl (C=O) groups excluding carboxylic acids is 1. The molecule has 2 aromatic rings. The van der Waals surface area contributed by atoms with Crippen molar-refractivity contribution in [3.8, 4) is 5.75 Å². The highest BCUT2D eigenvalue weighted by molar-refractivity contribution is 5.94. The second-order valence-corrected chi connectivity index (χ2v) is 6.32. The summed E-state index contributed by atoms with van der Waals surface area (Å²) in [7, 11) is 0. The lowest BCUT2D eigenvalue weighted by Gasteiger charge is -2.30. The molecule has 1 aromatic heterocycles. The molecule has 7 nitrogen and oxygen atoms in total. The molecule has 1 fully saturated rings. The summed E-state index contributed by atoms with van der Waals surface area (Å²) in [5.74, 6) is 2.16. The van der Waals surface area contributed by atoms with Crippen LogP contribution in [0.3, 0.4) is 0 Å². The summed E-state index contributed by atoms with van der Waals surface area (Å²) < 4.78 is 10.7. The van der Waals surface area contributed by atoms with Gasteiger partial charge in [0, 0.05) is 18.0 Å². The Morgan fingerprint density at radius 1 is 1.40 bits per heavy atom. The Hall–Kier alpha value is -2.41. The number of aryl methyl sites for hydroxylation is 1. The first-order valence-electron chi connectivity index (χ1n) is 8.71. The highest BCUT2D eigenvalue weighted by atomic mass is 16.5. The first kappa shape index (κ1) is 17.4. The van der Waals surface area contributed by atoms with E-state index >= 15 is 0 Å². The molecular formula is C18H24N4O3. The Morgan fingerprint density at radius 2 is 2.20 bits per heavy atom. The van der Waals surface area contributed by atoms with Crippen LogP contribution in [0.1, 0.15) is 42.3 Å². The van der Waals surface area contributed by atoms with E-state index in [9.17, 15) is 4.79 Å². The van der Waals surface area contributed by atoms with Crippen molar-refractivity contribution in [2.24, 2.45) is 5.92 Å². The maximum absolute atomic E-state index is 12.4. The molecule has 2 atom stereocenters. The summed E-state index contributed by atoms with van der Waals surface area (Å²) in [5.41, 5.74) is 0.630. The molecule has 1 amide bonds. The number of rotatable bonds is 6. The van der Waals surface area contributed by atoms with Crippen molar-refractivity contribution in [3.05, 3.63) is 41.5 Å². The van der Waals surface area contributed by atoms with Crippen molar-refractivity contribution in [1.29, 1.82) is 0 Å². The Balaban J connectivity index is 1.53. The first-order chi connectivity index (χ1) is 12.2. The molecule has 2 unspecified atom stereocenters. The molecular weight excluding hydrogens is 320 g/mol. The summed E-state index contributed by atoms with van der Waals surface area (Å²) >= 11 is 0. The third-order valence-electron chi connectivity index (χ3n) is 4.40. The van der Waals surface area contributed by atoms with Gasteiger partial charge in [-0.1, -0.05) is 19.0 Å². The summed E-state index contributed by atoms with van der Waals surface area (Å²) in [4.78, 5) is 16.6. The van der Waals surface area contributed by atoms with Crippen molar-refractivity contribution < 1.29 is 14.1 Å². The van der Waals surface area contributed by atoms with E-state index in [-0.39, 0.29) is 18.6 Å². The van der Waals surface area contributed by atoms with Crippen LogP contribution in [0.25, 0.3) is 0 Å². The minimum atomic E-state index is -0.0453. The fourth-order valence-corrected chi connectivity index (χ4v) is 2.82. The van der Waals surface area contributed by atoms with Crippen molar-refractivity contribution in [2.45, 2.75) is 39.3 Å². The zero-order valence-electron chi connectivity index (χ0n) is 14.6.